The highest BCUT2D eigenvalue weighted by Gasteiger charge is 2.19. The van der Waals surface area contributed by atoms with E-state index in [2.05, 4.69) is 37.2 Å². The van der Waals surface area contributed by atoms with Gasteiger partial charge in [-0.25, -0.2) is 0 Å². The van der Waals surface area contributed by atoms with Gasteiger partial charge in [0.15, 0.2) is 11.5 Å². The second kappa shape index (κ2) is 7.57. The maximum absolute atomic E-state index is 12.5. The Kier molecular flexibility index (Phi) is 5.46. The molecule has 0 bridgehead atoms. The number of fused-ring (bicyclic) bond motifs is 1. The van der Waals surface area contributed by atoms with E-state index in [1.165, 1.54) is 0 Å². The number of rotatable bonds is 3. The van der Waals surface area contributed by atoms with Crippen LogP contribution < -0.4 is 14.8 Å². The lowest BCUT2D eigenvalue weighted by Crippen LogP contribution is -2.27. The monoisotopic (exact) mass is 453 g/mol. The fourth-order valence-electron chi connectivity index (χ4n) is 2.53. The summed E-state index contributed by atoms with van der Waals surface area (Å²) in [6.07, 6.45) is 0.857. The molecule has 126 valence electrons. The summed E-state index contributed by atoms with van der Waals surface area (Å²) in [6.45, 7) is 3.22. The van der Waals surface area contributed by atoms with Gasteiger partial charge in [0, 0.05) is 15.4 Å². The SMILES string of the molecule is CC(NC(=O)c1ccccc1Br)c1cc2c(cc1Br)OCCCO2. The van der Waals surface area contributed by atoms with Crippen molar-refractivity contribution in [2.45, 2.75) is 19.4 Å². The molecule has 1 aliphatic rings. The maximum Gasteiger partial charge on any atom is 0.252 e. The van der Waals surface area contributed by atoms with Gasteiger partial charge in [0.05, 0.1) is 24.8 Å². The first kappa shape index (κ1) is 17.3. The Morgan fingerprint density at radius 3 is 2.46 bits per heavy atom. The number of hydrogen-bond acceptors (Lipinski definition) is 3. The Morgan fingerprint density at radius 2 is 1.75 bits per heavy atom. The smallest absolute Gasteiger partial charge is 0.252 e. The lowest BCUT2D eigenvalue weighted by molar-refractivity contribution is 0.0939. The van der Waals surface area contributed by atoms with Crippen LogP contribution in [0.3, 0.4) is 0 Å². The van der Waals surface area contributed by atoms with E-state index in [0.717, 1.165) is 26.7 Å². The Labute approximate surface area is 157 Å². The van der Waals surface area contributed by atoms with Gasteiger partial charge in [0.1, 0.15) is 0 Å². The summed E-state index contributed by atoms with van der Waals surface area (Å²) in [7, 11) is 0. The fraction of sp³-hybridized carbons (Fsp3) is 0.278. The van der Waals surface area contributed by atoms with Gasteiger partial charge in [-0.2, -0.15) is 0 Å². The third-order valence-corrected chi connectivity index (χ3v) is 5.18. The van der Waals surface area contributed by atoms with Gasteiger partial charge in [-0.05, 0) is 52.7 Å². The minimum Gasteiger partial charge on any atom is -0.490 e. The van der Waals surface area contributed by atoms with Crippen LogP contribution in [0.4, 0.5) is 0 Å². The van der Waals surface area contributed by atoms with Crippen LogP contribution in [0.5, 0.6) is 11.5 Å². The van der Waals surface area contributed by atoms with E-state index in [1.54, 1.807) is 6.07 Å². The number of benzene rings is 2. The molecule has 0 fully saturated rings. The third-order valence-electron chi connectivity index (χ3n) is 3.80. The normalized spacial score (nSPS) is 14.6. The second-order valence-electron chi connectivity index (χ2n) is 5.55. The van der Waals surface area contributed by atoms with E-state index < -0.39 is 0 Å². The molecule has 0 radical (unpaired) electrons. The summed E-state index contributed by atoms with van der Waals surface area (Å²) in [5.41, 5.74) is 1.55. The largest absolute Gasteiger partial charge is 0.490 e. The highest BCUT2D eigenvalue weighted by molar-refractivity contribution is 9.10. The number of carbonyl (C=O) groups is 1. The Morgan fingerprint density at radius 1 is 1.08 bits per heavy atom. The van der Waals surface area contributed by atoms with Gasteiger partial charge in [-0.15, -0.1) is 0 Å². The van der Waals surface area contributed by atoms with Gasteiger partial charge < -0.3 is 14.8 Å². The van der Waals surface area contributed by atoms with Crippen LogP contribution in [0.25, 0.3) is 0 Å². The van der Waals surface area contributed by atoms with Gasteiger partial charge in [-0.1, -0.05) is 28.1 Å². The van der Waals surface area contributed by atoms with Crippen LogP contribution in [-0.2, 0) is 0 Å². The quantitative estimate of drug-likeness (QED) is 0.719. The van der Waals surface area contributed by atoms with Crippen molar-refractivity contribution in [1.82, 2.24) is 5.32 Å². The molecular formula is C18H17Br2NO3. The molecule has 2 aromatic carbocycles. The maximum atomic E-state index is 12.5. The number of amides is 1. The minimum absolute atomic E-state index is 0.131. The van der Waals surface area contributed by atoms with E-state index in [0.29, 0.717) is 24.5 Å². The number of carbonyl (C=O) groups excluding carboxylic acids is 1. The molecule has 0 aromatic heterocycles. The van der Waals surface area contributed by atoms with E-state index in [9.17, 15) is 4.79 Å². The average Bonchev–Trinajstić information content (AvgIpc) is 2.79. The molecule has 0 aliphatic carbocycles. The van der Waals surface area contributed by atoms with Crippen molar-refractivity contribution in [1.29, 1.82) is 0 Å². The van der Waals surface area contributed by atoms with Crippen molar-refractivity contribution in [2.24, 2.45) is 0 Å². The number of ether oxygens (including phenoxy) is 2. The van der Waals surface area contributed by atoms with E-state index >= 15 is 0 Å². The van der Waals surface area contributed by atoms with Crippen molar-refractivity contribution < 1.29 is 14.3 Å². The van der Waals surface area contributed by atoms with Gasteiger partial charge in [0.25, 0.3) is 5.91 Å². The lowest BCUT2D eigenvalue weighted by Gasteiger charge is -2.18. The summed E-state index contributed by atoms with van der Waals surface area (Å²) in [4.78, 5) is 12.5. The summed E-state index contributed by atoms with van der Waals surface area (Å²) in [5.74, 6) is 1.31. The highest BCUT2D eigenvalue weighted by Crippen LogP contribution is 2.37. The Hall–Kier alpha value is -1.53. The van der Waals surface area contributed by atoms with Crippen LogP contribution in [0.2, 0.25) is 0 Å². The molecule has 0 spiro atoms. The zero-order valence-corrected chi connectivity index (χ0v) is 16.3. The van der Waals surface area contributed by atoms with Crippen molar-refractivity contribution in [3.05, 3.63) is 56.5 Å². The molecule has 24 heavy (non-hydrogen) atoms. The zero-order valence-electron chi connectivity index (χ0n) is 13.1. The predicted octanol–water partition coefficient (Wildman–Crippen LogP) is 4.86. The molecule has 2 aromatic rings. The predicted molar refractivity (Wildman–Crippen MR) is 99.8 cm³/mol. The lowest BCUT2D eigenvalue weighted by atomic mass is 10.1. The molecule has 1 heterocycles. The first-order valence-electron chi connectivity index (χ1n) is 7.70. The Balaban J connectivity index is 1.82. The molecule has 3 rings (SSSR count). The molecule has 1 atom stereocenters. The molecule has 6 heteroatoms. The summed E-state index contributed by atoms with van der Waals surface area (Å²) in [6, 6.07) is 11.0. The summed E-state index contributed by atoms with van der Waals surface area (Å²) in [5, 5.41) is 3.02. The van der Waals surface area contributed by atoms with Crippen LogP contribution in [0.1, 0.15) is 35.3 Å². The molecule has 4 nitrogen and oxygen atoms in total. The van der Waals surface area contributed by atoms with Crippen LogP contribution in [0, 0.1) is 0 Å². The average molecular weight is 455 g/mol. The van der Waals surface area contributed by atoms with Crippen LogP contribution in [-0.4, -0.2) is 19.1 Å². The summed E-state index contributed by atoms with van der Waals surface area (Å²) >= 11 is 6.97. The van der Waals surface area contributed by atoms with Crippen molar-refractivity contribution in [2.75, 3.05) is 13.2 Å². The standard InChI is InChI=1S/C18H17Br2NO3/c1-11(21-18(22)12-5-2-3-6-14(12)19)13-9-16-17(10-15(13)20)24-8-4-7-23-16/h2-3,5-6,9-11H,4,7-8H2,1H3,(H,21,22). The molecule has 1 unspecified atom stereocenters. The van der Waals surface area contributed by atoms with Crippen molar-refractivity contribution in [3.8, 4) is 11.5 Å². The fourth-order valence-corrected chi connectivity index (χ4v) is 3.66. The van der Waals surface area contributed by atoms with E-state index in [4.69, 9.17) is 9.47 Å². The third kappa shape index (κ3) is 3.75. The van der Waals surface area contributed by atoms with Gasteiger partial charge in [0.2, 0.25) is 0 Å². The topological polar surface area (TPSA) is 47.6 Å². The molecule has 1 aliphatic heterocycles. The van der Waals surface area contributed by atoms with Crippen LogP contribution >= 0.6 is 31.9 Å². The molecule has 0 saturated carbocycles. The van der Waals surface area contributed by atoms with Gasteiger partial charge >= 0.3 is 0 Å². The van der Waals surface area contributed by atoms with Crippen molar-refractivity contribution in [3.63, 3.8) is 0 Å². The Bertz CT molecular complexity index is 764. The number of halogens is 2. The van der Waals surface area contributed by atoms with E-state index in [-0.39, 0.29) is 11.9 Å². The number of hydrogen-bond donors (Lipinski definition) is 1. The second-order valence-corrected chi connectivity index (χ2v) is 7.25. The van der Waals surface area contributed by atoms with Crippen molar-refractivity contribution >= 4 is 37.8 Å². The number of nitrogens with one attached hydrogen (secondary N) is 1. The summed E-state index contributed by atoms with van der Waals surface area (Å²) < 4.78 is 13.1. The highest BCUT2D eigenvalue weighted by atomic mass is 79.9. The first-order chi connectivity index (χ1) is 11.6. The van der Waals surface area contributed by atoms with Crippen LogP contribution in [0.15, 0.2) is 45.3 Å². The first-order valence-corrected chi connectivity index (χ1v) is 9.29. The van der Waals surface area contributed by atoms with Gasteiger partial charge in [-0.3, -0.25) is 4.79 Å². The molecule has 1 amide bonds. The zero-order chi connectivity index (χ0) is 17.1. The molecule has 1 N–H and O–H groups in total. The molecular weight excluding hydrogens is 438 g/mol. The van der Waals surface area contributed by atoms with E-state index in [1.807, 2.05) is 37.3 Å². The molecule has 0 saturated heterocycles. The minimum atomic E-state index is -0.184.